The monoisotopic (exact) mass is 388 g/mol. The Bertz CT molecular complexity index is 1070. The van der Waals surface area contributed by atoms with Gasteiger partial charge >= 0.3 is 0 Å². The average Bonchev–Trinajstić information content (AvgIpc) is 3.15. The number of amides is 2. The van der Waals surface area contributed by atoms with Gasteiger partial charge < -0.3 is 5.32 Å². The van der Waals surface area contributed by atoms with Gasteiger partial charge in [0.25, 0.3) is 0 Å². The summed E-state index contributed by atoms with van der Waals surface area (Å²) in [6.45, 7) is 1.48. The molecule has 0 atom stereocenters. The van der Waals surface area contributed by atoms with E-state index in [1.54, 1.807) is 35.7 Å². The number of rotatable bonds is 5. The van der Waals surface area contributed by atoms with Crippen molar-refractivity contribution in [3.8, 4) is 6.07 Å². The van der Waals surface area contributed by atoms with Gasteiger partial charge in [0.2, 0.25) is 11.8 Å². The highest BCUT2D eigenvalue weighted by atomic mass is 32.1. The van der Waals surface area contributed by atoms with Crippen LogP contribution in [0.3, 0.4) is 0 Å². The Morgan fingerprint density at radius 3 is 2.68 bits per heavy atom. The molecule has 0 saturated heterocycles. The molecule has 1 aromatic heterocycles. The van der Waals surface area contributed by atoms with Crippen LogP contribution in [0.15, 0.2) is 66.1 Å². The number of thiazole rings is 1. The zero-order valence-corrected chi connectivity index (χ0v) is 15.8. The lowest BCUT2D eigenvalue weighted by Gasteiger charge is -2.17. The van der Waals surface area contributed by atoms with Crippen LogP contribution < -0.4 is 10.2 Å². The van der Waals surface area contributed by atoms with Crippen LogP contribution in [0, 0.1) is 11.3 Å². The molecule has 138 valence electrons. The van der Waals surface area contributed by atoms with E-state index in [-0.39, 0.29) is 11.8 Å². The molecule has 0 aliphatic heterocycles. The summed E-state index contributed by atoms with van der Waals surface area (Å²) in [5.74, 6) is -0.484. The number of para-hydroxylation sites is 1. The SMILES string of the molecule is CC(=O)N(c1ccccc1)c1nc(/C=C/C(=O)Nc2cccc(C#N)c2)cs1. The quantitative estimate of drug-likeness (QED) is 0.658. The van der Waals surface area contributed by atoms with Gasteiger partial charge in [-0.3, -0.25) is 14.5 Å². The van der Waals surface area contributed by atoms with Crippen molar-refractivity contribution in [2.75, 3.05) is 10.2 Å². The summed E-state index contributed by atoms with van der Waals surface area (Å²) in [5, 5.41) is 13.9. The number of anilines is 3. The summed E-state index contributed by atoms with van der Waals surface area (Å²) in [5.41, 5.74) is 2.31. The highest BCUT2D eigenvalue weighted by Gasteiger charge is 2.17. The Labute approximate surface area is 166 Å². The lowest BCUT2D eigenvalue weighted by molar-refractivity contribution is -0.116. The predicted molar refractivity (Wildman–Crippen MR) is 110 cm³/mol. The maximum absolute atomic E-state index is 12.1. The lowest BCUT2D eigenvalue weighted by atomic mass is 10.2. The number of nitriles is 1. The number of hydrogen-bond acceptors (Lipinski definition) is 5. The second kappa shape index (κ2) is 8.75. The second-order valence-electron chi connectivity index (χ2n) is 5.76. The van der Waals surface area contributed by atoms with Gasteiger partial charge in [0.1, 0.15) is 0 Å². The van der Waals surface area contributed by atoms with Crippen molar-refractivity contribution in [1.82, 2.24) is 4.98 Å². The van der Waals surface area contributed by atoms with E-state index in [0.717, 1.165) is 5.69 Å². The molecule has 0 bridgehead atoms. The van der Waals surface area contributed by atoms with E-state index in [0.29, 0.717) is 22.1 Å². The molecule has 3 rings (SSSR count). The Morgan fingerprint density at radius 2 is 1.96 bits per heavy atom. The highest BCUT2D eigenvalue weighted by molar-refractivity contribution is 7.14. The van der Waals surface area contributed by atoms with Crippen LogP contribution in [0.25, 0.3) is 6.08 Å². The molecular weight excluding hydrogens is 372 g/mol. The molecule has 2 amide bonds. The number of carbonyl (C=O) groups excluding carboxylic acids is 2. The number of hydrogen-bond donors (Lipinski definition) is 1. The second-order valence-corrected chi connectivity index (χ2v) is 6.60. The smallest absolute Gasteiger partial charge is 0.248 e. The molecule has 0 radical (unpaired) electrons. The van der Waals surface area contributed by atoms with E-state index < -0.39 is 0 Å². The molecule has 1 N–H and O–H groups in total. The average molecular weight is 388 g/mol. The molecule has 0 spiro atoms. The molecular formula is C21H16N4O2S. The first kappa shape index (κ1) is 19.0. The fourth-order valence-corrected chi connectivity index (χ4v) is 3.33. The maximum Gasteiger partial charge on any atom is 0.248 e. The zero-order chi connectivity index (χ0) is 19.9. The van der Waals surface area contributed by atoms with E-state index in [1.807, 2.05) is 36.4 Å². The Hall–Kier alpha value is -3.76. The first-order valence-corrected chi connectivity index (χ1v) is 9.25. The lowest BCUT2D eigenvalue weighted by Crippen LogP contribution is -2.22. The number of nitrogens with zero attached hydrogens (tertiary/aromatic N) is 3. The topological polar surface area (TPSA) is 86.1 Å². The third-order valence-electron chi connectivity index (χ3n) is 3.70. The van der Waals surface area contributed by atoms with Crippen molar-refractivity contribution >= 4 is 45.7 Å². The predicted octanol–water partition coefficient (Wildman–Crippen LogP) is 4.35. The molecule has 28 heavy (non-hydrogen) atoms. The molecule has 0 aliphatic carbocycles. The molecule has 2 aromatic carbocycles. The summed E-state index contributed by atoms with van der Waals surface area (Å²) >= 11 is 1.32. The summed E-state index contributed by atoms with van der Waals surface area (Å²) in [4.78, 5) is 30.1. The number of carbonyl (C=O) groups is 2. The number of nitrogens with one attached hydrogen (secondary N) is 1. The highest BCUT2D eigenvalue weighted by Crippen LogP contribution is 2.29. The van der Waals surface area contributed by atoms with E-state index in [4.69, 9.17) is 5.26 Å². The van der Waals surface area contributed by atoms with Crippen molar-refractivity contribution in [2.45, 2.75) is 6.92 Å². The first-order valence-electron chi connectivity index (χ1n) is 8.37. The van der Waals surface area contributed by atoms with Crippen LogP contribution >= 0.6 is 11.3 Å². The molecule has 7 heteroatoms. The van der Waals surface area contributed by atoms with Gasteiger partial charge in [-0.2, -0.15) is 5.26 Å². The largest absolute Gasteiger partial charge is 0.322 e. The molecule has 6 nitrogen and oxygen atoms in total. The van der Waals surface area contributed by atoms with Crippen molar-refractivity contribution in [3.05, 3.63) is 77.3 Å². The summed E-state index contributed by atoms with van der Waals surface area (Å²) in [7, 11) is 0. The molecule has 0 saturated carbocycles. The van der Waals surface area contributed by atoms with Gasteiger partial charge in [-0.15, -0.1) is 11.3 Å². The fraction of sp³-hybridized carbons (Fsp3) is 0.0476. The van der Waals surface area contributed by atoms with Crippen molar-refractivity contribution < 1.29 is 9.59 Å². The van der Waals surface area contributed by atoms with Gasteiger partial charge in [0.05, 0.1) is 23.0 Å². The summed E-state index contributed by atoms with van der Waals surface area (Å²) in [6, 6.07) is 17.9. The van der Waals surface area contributed by atoms with Crippen molar-refractivity contribution in [3.63, 3.8) is 0 Å². The Morgan fingerprint density at radius 1 is 1.18 bits per heavy atom. The minimum absolute atomic E-state index is 0.147. The fourth-order valence-electron chi connectivity index (χ4n) is 2.47. The van der Waals surface area contributed by atoms with E-state index >= 15 is 0 Å². The zero-order valence-electron chi connectivity index (χ0n) is 15.0. The molecule has 0 fully saturated rings. The normalized spacial score (nSPS) is 10.4. The van der Waals surface area contributed by atoms with Crippen molar-refractivity contribution in [2.24, 2.45) is 0 Å². The van der Waals surface area contributed by atoms with Crippen LogP contribution in [0.2, 0.25) is 0 Å². The van der Waals surface area contributed by atoms with E-state index in [1.165, 1.54) is 29.2 Å². The van der Waals surface area contributed by atoms with Gasteiger partial charge in [0, 0.05) is 24.1 Å². The van der Waals surface area contributed by atoms with E-state index in [9.17, 15) is 9.59 Å². The third kappa shape index (κ3) is 4.69. The third-order valence-corrected chi connectivity index (χ3v) is 4.54. The Kier molecular flexibility index (Phi) is 5.94. The van der Waals surface area contributed by atoms with Crippen LogP contribution in [0.5, 0.6) is 0 Å². The summed E-state index contributed by atoms with van der Waals surface area (Å²) < 4.78 is 0. The van der Waals surface area contributed by atoms with E-state index in [2.05, 4.69) is 10.3 Å². The molecule has 3 aromatic rings. The van der Waals surface area contributed by atoms with Gasteiger partial charge in [-0.25, -0.2) is 4.98 Å². The van der Waals surface area contributed by atoms with Crippen LogP contribution in [-0.4, -0.2) is 16.8 Å². The molecule has 0 unspecified atom stereocenters. The maximum atomic E-state index is 12.1. The minimum atomic E-state index is -0.337. The van der Waals surface area contributed by atoms with Gasteiger partial charge in [0.15, 0.2) is 5.13 Å². The van der Waals surface area contributed by atoms with Crippen LogP contribution in [-0.2, 0) is 9.59 Å². The van der Waals surface area contributed by atoms with Gasteiger partial charge in [-0.1, -0.05) is 24.3 Å². The standard InChI is InChI=1S/C21H16N4O2S/c1-15(26)25(19-8-3-2-4-9-19)21-24-18(14-28-21)10-11-20(27)23-17-7-5-6-16(12-17)13-22/h2-12,14H,1H3,(H,23,27)/b11-10+. The number of benzene rings is 2. The summed E-state index contributed by atoms with van der Waals surface area (Å²) in [6.07, 6.45) is 2.94. The van der Waals surface area contributed by atoms with Crippen LogP contribution in [0.1, 0.15) is 18.2 Å². The minimum Gasteiger partial charge on any atom is -0.322 e. The first-order chi connectivity index (χ1) is 13.6. The molecule has 0 aliphatic rings. The van der Waals surface area contributed by atoms with Gasteiger partial charge in [-0.05, 0) is 36.4 Å². The Balaban J connectivity index is 1.72. The van der Waals surface area contributed by atoms with Crippen LogP contribution in [0.4, 0.5) is 16.5 Å². The molecule has 1 heterocycles. The van der Waals surface area contributed by atoms with Crippen molar-refractivity contribution in [1.29, 1.82) is 5.26 Å². The number of aromatic nitrogens is 1.